The second kappa shape index (κ2) is 8.33. The van der Waals surface area contributed by atoms with Crippen molar-refractivity contribution in [2.75, 3.05) is 26.2 Å². The number of carbonyl (C=O) groups is 1. The van der Waals surface area contributed by atoms with Crippen LogP contribution in [0.25, 0.3) is 0 Å². The van der Waals surface area contributed by atoms with E-state index in [0.717, 1.165) is 25.3 Å². The van der Waals surface area contributed by atoms with Gasteiger partial charge in [0.2, 0.25) is 0 Å². The number of hydrogen-bond donors (Lipinski definition) is 2. The maximum absolute atomic E-state index is 13.2. The van der Waals surface area contributed by atoms with E-state index in [1.54, 1.807) is 0 Å². The van der Waals surface area contributed by atoms with Crippen LogP contribution in [-0.2, 0) is 16.0 Å². The third-order valence-corrected chi connectivity index (χ3v) is 5.70. The van der Waals surface area contributed by atoms with Gasteiger partial charge >= 0.3 is 0 Å². The highest BCUT2D eigenvalue weighted by atomic mass is 16.5. The molecule has 1 amide bonds. The number of aryl methyl sites for hydroxylation is 1. The fraction of sp³-hybridized carbons (Fsp3) is 0.435. The first-order valence-corrected chi connectivity index (χ1v) is 10.1. The molecular weight excluding hydrogens is 352 g/mol. The van der Waals surface area contributed by atoms with Gasteiger partial charge in [-0.1, -0.05) is 42.0 Å². The van der Waals surface area contributed by atoms with Crippen LogP contribution in [0, 0.1) is 6.92 Å². The predicted molar refractivity (Wildman–Crippen MR) is 108 cm³/mol. The van der Waals surface area contributed by atoms with E-state index in [0.29, 0.717) is 26.0 Å². The van der Waals surface area contributed by atoms with E-state index in [4.69, 9.17) is 9.47 Å². The Bertz CT molecular complexity index is 813. The molecule has 28 heavy (non-hydrogen) atoms. The Kier molecular flexibility index (Phi) is 5.64. The van der Waals surface area contributed by atoms with E-state index in [9.17, 15) is 4.79 Å². The number of amides is 1. The minimum Gasteiger partial charge on any atom is -0.477 e. The molecule has 148 valence electrons. The van der Waals surface area contributed by atoms with Crippen LogP contribution in [0.4, 0.5) is 0 Å². The number of hydrogen-bond acceptors (Lipinski definition) is 4. The van der Waals surface area contributed by atoms with Gasteiger partial charge in [0.05, 0.1) is 6.61 Å². The molecule has 0 radical (unpaired) electrons. The number of benzene rings is 2. The average Bonchev–Trinajstić information content (AvgIpc) is 2.74. The van der Waals surface area contributed by atoms with Gasteiger partial charge in [-0.15, -0.1) is 0 Å². The summed E-state index contributed by atoms with van der Waals surface area (Å²) in [5.74, 6) is 0.683. The molecule has 2 aromatic rings. The normalized spacial score (nSPS) is 20.8. The molecule has 4 rings (SSSR count). The lowest BCUT2D eigenvalue weighted by Gasteiger charge is -2.37. The number of nitrogens with one attached hydrogen (secondary N) is 2. The summed E-state index contributed by atoms with van der Waals surface area (Å²) in [6.45, 7) is 4.72. The van der Waals surface area contributed by atoms with Crippen molar-refractivity contribution in [1.29, 1.82) is 0 Å². The van der Waals surface area contributed by atoms with Crippen LogP contribution in [0.1, 0.15) is 35.6 Å². The Morgan fingerprint density at radius 3 is 2.71 bits per heavy atom. The molecule has 0 saturated carbocycles. The summed E-state index contributed by atoms with van der Waals surface area (Å²) in [4.78, 5) is 13.2. The van der Waals surface area contributed by atoms with Crippen molar-refractivity contribution in [2.24, 2.45) is 0 Å². The summed E-state index contributed by atoms with van der Waals surface area (Å²) in [5.41, 5.74) is 2.81. The smallest absolute Gasteiger partial charge is 0.264 e. The van der Waals surface area contributed by atoms with Gasteiger partial charge in [0, 0.05) is 19.4 Å². The summed E-state index contributed by atoms with van der Waals surface area (Å²) in [6.07, 6.45) is 2.11. The van der Waals surface area contributed by atoms with Crippen LogP contribution in [0.3, 0.4) is 0 Å². The molecule has 2 aliphatic rings. The molecule has 2 N–H and O–H groups in total. The van der Waals surface area contributed by atoms with Crippen LogP contribution < -0.4 is 15.4 Å². The summed E-state index contributed by atoms with van der Waals surface area (Å²) in [5, 5.41) is 6.44. The van der Waals surface area contributed by atoms with Crippen molar-refractivity contribution in [1.82, 2.24) is 10.6 Å². The Balaban J connectivity index is 1.47. The van der Waals surface area contributed by atoms with E-state index in [-0.39, 0.29) is 12.0 Å². The summed E-state index contributed by atoms with van der Waals surface area (Å²) >= 11 is 0. The lowest BCUT2D eigenvalue weighted by atomic mass is 9.90. The maximum atomic E-state index is 13.2. The highest BCUT2D eigenvalue weighted by Crippen LogP contribution is 2.29. The van der Waals surface area contributed by atoms with Crippen molar-refractivity contribution in [3.8, 4) is 5.75 Å². The molecule has 1 saturated heterocycles. The van der Waals surface area contributed by atoms with Crippen molar-refractivity contribution >= 4 is 5.91 Å². The molecule has 5 nitrogen and oxygen atoms in total. The van der Waals surface area contributed by atoms with Crippen LogP contribution in [0.5, 0.6) is 5.75 Å². The highest BCUT2D eigenvalue weighted by Gasteiger charge is 2.42. The Morgan fingerprint density at radius 1 is 1.18 bits per heavy atom. The minimum absolute atomic E-state index is 0.0544. The quantitative estimate of drug-likeness (QED) is 0.837. The molecule has 0 aromatic heterocycles. The minimum atomic E-state index is -0.839. The Labute approximate surface area is 166 Å². The molecule has 0 spiro atoms. The summed E-state index contributed by atoms with van der Waals surface area (Å²) in [6, 6.07) is 16.2. The maximum Gasteiger partial charge on any atom is 0.264 e. The standard InChI is InChI=1S/C23H28N2O3/c1-17-6-8-19(9-7-17)28-23(11-13-24-14-12-23)22(26)25-16-21-20-5-3-2-4-18(20)10-15-27-21/h2-9,21,24H,10-16H2,1H3,(H,25,26). The van der Waals surface area contributed by atoms with Crippen LogP contribution in [0.2, 0.25) is 0 Å². The lowest BCUT2D eigenvalue weighted by molar-refractivity contribution is -0.140. The Hall–Kier alpha value is -2.37. The first-order valence-electron chi connectivity index (χ1n) is 10.1. The third kappa shape index (κ3) is 4.05. The molecule has 0 aliphatic carbocycles. The Morgan fingerprint density at radius 2 is 1.93 bits per heavy atom. The van der Waals surface area contributed by atoms with E-state index < -0.39 is 5.60 Å². The molecule has 5 heteroatoms. The largest absolute Gasteiger partial charge is 0.477 e. The van der Waals surface area contributed by atoms with Crippen molar-refractivity contribution < 1.29 is 14.3 Å². The molecule has 1 fully saturated rings. The van der Waals surface area contributed by atoms with Crippen molar-refractivity contribution in [3.63, 3.8) is 0 Å². The lowest BCUT2D eigenvalue weighted by Crippen LogP contribution is -2.57. The fourth-order valence-corrected chi connectivity index (χ4v) is 4.03. The molecule has 2 aliphatic heterocycles. The molecule has 2 heterocycles. The monoisotopic (exact) mass is 380 g/mol. The fourth-order valence-electron chi connectivity index (χ4n) is 4.03. The topological polar surface area (TPSA) is 59.6 Å². The van der Waals surface area contributed by atoms with Crippen molar-refractivity contribution in [2.45, 2.75) is 37.9 Å². The SMILES string of the molecule is Cc1ccc(OC2(C(=O)NCC3OCCc4ccccc43)CCNCC2)cc1. The second-order valence-electron chi connectivity index (χ2n) is 7.68. The number of carbonyl (C=O) groups excluding carboxylic acids is 1. The number of rotatable bonds is 5. The summed E-state index contributed by atoms with van der Waals surface area (Å²) in [7, 11) is 0. The third-order valence-electron chi connectivity index (χ3n) is 5.70. The molecule has 2 aromatic carbocycles. The molecule has 0 bridgehead atoms. The number of ether oxygens (including phenoxy) is 2. The zero-order valence-corrected chi connectivity index (χ0v) is 16.4. The summed E-state index contributed by atoms with van der Waals surface area (Å²) < 4.78 is 12.2. The highest BCUT2D eigenvalue weighted by molar-refractivity contribution is 5.85. The van der Waals surface area contributed by atoms with Gasteiger partial charge in [-0.2, -0.15) is 0 Å². The van der Waals surface area contributed by atoms with Gasteiger partial charge < -0.3 is 20.1 Å². The van der Waals surface area contributed by atoms with E-state index >= 15 is 0 Å². The average molecular weight is 380 g/mol. The first-order chi connectivity index (χ1) is 13.7. The second-order valence-corrected chi connectivity index (χ2v) is 7.68. The molecular formula is C23H28N2O3. The van der Waals surface area contributed by atoms with E-state index in [1.807, 2.05) is 37.3 Å². The zero-order valence-electron chi connectivity index (χ0n) is 16.4. The molecule has 1 unspecified atom stereocenters. The number of fused-ring (bicyclic) bond motifs is 1. The zero-order chi connectivity index (χ0) is 19.4. The van der Waals surface area contributed by atoms with Gasteiger partial charge in [0.1, 0.15) is 11.9 Å². The van der Waals surface area contributed by atoms with Crippen LogP contribution in [0.15, 0.2) is 48.5 Å². The first kappa shape index (κ1) is 19.0. The van der Waals surface area contributed by atoms with Crippen molar-refractivity contribution in [3.05, 3.63) is 65.2 Å². The number of piperidine rings is 1. The molecule has 1 atom stereocenters. The predicted octanol–water partition coefficient (Wildman–Crippen LogP) is 2.93. The van der Waals surface area contributed by atoms with Gasteiger partial charge in [0.25, 0.3) is 5.91 Å². The van der Waals surface area contributed by atoms with Crippen LogP contribution in [-0.4, -0.2) is 37.7 Å². The van der Waals surface area contributed by atoms with E-state index in [2.05, 4.69) is 28.8 Å². The van der Waals surface area contributed by atoms with E-state index in [1.165, 1.54) is 16.7 Å². The van der Waals surface area contributed by atoms with Gasteiger partial charge in [0.15, 0.2) is 5.60 Å². The van der Waals surface area contributed by atoms with Gasteiger partial charge in [-0.3, -0.25) is 4.79 Å². The van der Waals surface area contributed by atoms with Gasteiger partial charge in [-0.25, -0.2) is 0 Å². The van der Waals surface area contributed by atoms with Crippen LogP contribution >= 0.6 is 0 Å². The van der Waals surface area contributed by atoms with Gasteiger partial charge in [-0.05, 0) is 49.7 Å².